The van der Waals surface area contributed by atoms with Crippen molar-refractivity contribution in [3.63, 3.8) is 0 Å². The van der Waals surface area contributed by atoms with Gasteiger partial charge in [0.25, 0.3) is 0 Å². The summed E-state index contributed by atoms with van der Waals surface area (Å²) in [6.45, 7) is 6.98. The average Bonchev–Trinajstić information content (AvgIpc) is 2.46. The smallest absolute Gasteiger partial charge is 0.356 e. The van der Waals surface area contributed by atoms with Gasteiger partial charge in [0.15, 0.2) is 5.69 Å². The molecule has 0 aromatic carbocycles. The number of carboxylic acid groups (broad SMARTS) is 1. The van der Waals surface area contributed by atoms with Gasteiger partial charge in [0, 0.05) is 12.4 Å². The highest BCUT2D eigenvalue weighted by Gasteiger charge is 2.08. The van der Waals surface area contributed by atoms with Crippen LogP contribution in [-0.4, -0.2) is 20.6 Å². The Morgan fingerprint density at radius 1 is 1.67 bits per heavy atom. The van der Waals surface area contributed by atoms with E-state index in [2.05, 4.69) is 18.1 Å². The number of carboxylic acids is 1. The molecule has 62 valence electrons. The Kier molecular flexibility index (Phi) is 2.09. The van der Waals surface area contributed by atoms with E-state index in [-0.39, 0.29) is 5.69 Å². The Bertz CT molecular complexity index is 313. The molecule has 1 N–H and O–H groups in total. The summed E-state index contributed by atoms with van der Waals surface area (Å²) in [5.41, 5.74) is -0.00944. The highest BCUT2D eigenvalue weighted by atomic mass is 16.4. The quantitative estimate of drug-likeness (QED) is 0.733. The second-order valence-corrected chi connectivity index (χ2v) is 2.08. The molecule has 1 rings (SSSR count). The molecule has 0 saturated carbocycles. The third-order valence-electron chi connectivity index (χ3n) is 1.36. The molecule has 0 aliphatic rings. The van der Waals surface area contributed by atoms with Crippen molar-refractivity contribution < 1.29 is 9.90 Å². The summed E-state index contributed by atoms with van der Waals surface area (Å²) in [4.78, 5) is 14.2. The molecule has 1 aromatic rings. The molecule has 0 amide bonds. The molecule has 0 spiro atoms. The van der Waals surface area contributed by atoms with Crippen molar-refractivity contribution in [2.24, 2.45) is 0 Å². The average molecular weight is 164 g/mol. The van der Waals surface area contributed by atoms with E-state index in [4.69, 9.17) is 5.11 Å². The van der Waals surface area contributed by atoms with Crippen LogP contribution in [0.25, 0.3) is 12.3 Å². The summed E-state index contributed by atoms with van der Waals surface area (Å²) >= 11 is 0. The minimum atomic E-state index is -1.06. The van der Waals surface area contributed by atoms with Crippen molar-refractivity contribution in [2.45, 2.75) is 0 Å². The predicted molar refractivity (Wildman–Crippen MR) is 45.7 cm³/mol. The first-order valence-corrected chi connectivity index (χ1v) is 3.26. The number of imidazole rings is 1. The van der Waals surface area contributed by atoms with Crippen LogP contribution < -0.4 is 0 Å². The van der Waals surface area contributed by atoms with Crippen LogP contribution in [-0.2, 0) is 0 Å². The Balaban J connectivity index is 3.22. The van der Waals surface area contributed by atoms with Crippen LogP contribution in [0.3, 0.4) is 0 Å². The zero-order valence-corrected chi connectivity index (χ0v) is 6.40. The van der Waals surface area contributed by atoms with Crippen LogP contribution in [0.1, 0.15) is 16.3 Å². The van der Waals surface area contributed by atoms with Gasteiger partial charge in [0.05, 0.1) is 0 Å². The molecular formula is C8H8N2O2. The Morgan fingerprint density at radius 2 is 2.33 bits per heavy atom. The van der Waals surface area contributed by atoms with Gasteiger partial charge >= 0.3 is 5.97 Å². The molecule has 12 heavy (non-hydrogen) atoms. The molecule has 1 heterocycles. The number of rotatable bonds is 3. The number of aromatic nitrogens is 2. The fraction of sp³-hybridized carbons (Fsp3) is 0. The molecular weight excluding hydrogens is 156 g/mol. The molecule has 4 heteroatoms. The first kappa shape index (κ1) is 8.26. The molecule has 1 aromatic heterocycles. The summed E-state index contributed by atoms with van der Waals surface area (Å²) in [6.07, 6.45) is 4.32. The Hall–Kier alpha value is -1.84. The molecule has 0 fully saturated rings. The minimum absolute atomic E-state index is 0.00944. The molecule has 0 unspecified atom stereocenters. The lowest BCUT2D eigenvalue weighted by Gasteiger charge is -1.91. The maximum Gasteiger partial charge on any atom is 0.356 e. The van der Waals surface area contributed by atoms with E-state index < -0.39 is 5.97 Å². The van der Waals surface area contributed by atoms with Crippen LogP contribution in [0, 0.1) is 0 Å². The number of hydrogen-bond donors (Lipinski definition) is 1. The van der Waals surface area contributed by atoms with Gasteiger partial charge in [-0.1, -0.05) is 13.2 Å². The lowest BCUT2D eigenvalue weighted by atomic mass is 10.5. The number of hydrogen-bond acceptors (Lipinski definition) is 2. The van der Waals surface area contributed by atoms with Crippen molar-refractivity contribution in [1.29, 1.82) is 0 Å². The van der Waals surface area contributed by atoms with E-state index in [1.54, 1.807) is 0 Å². The zero-order valence-electron chi connectivity index (χ0n) is 6.40. The van der Waals surface area contributed by atoms with Gasteiger partial charge in [-0.15, -0.1) is 0 Å². The maximum atomic E-state index is 10.5. The van der Waals surface area contributed by atoms with E-state index in [1.165, 1.54) is 23.0 Å². The van der Waals surface area contributed by atoms with Gasteiger partial charge in [-0.05, 0) is 6.08 Å². The molecule has 0 aliphatic carbocycles. The van der Waals surface area contributed by atoms with E-state index in [0.717, 1.165) is 0 Å². The van der Waals surface area contributed by atoms with Crippen LogP contribution in [0.15, 0.2) is 19.4 Å². The molecule has 0 bridgehead atoms. The second-order valence-electron chi connectivity index (χ2n) is 2.08. The highest BCUT2D eigenvalue weighted by Crippen LogP contribution is 2.04. The third kappa shape index (κ3) is 1.27. The molecule has 0 atom stereocenters. The van der Waals surface area contributed by atoms with E-state index in [9.17, 15) is 4.79 Å². The van der Waals surface area contributed by atoms with Crippen LogP contribution in [0.2, 0.25) is 0 Å². The maximum absolute atomic E-state index is 10.5. The van der Waals surface area contributed by atoms with Crippen molar-refractivity contribution in [3.05, 3.63) is 30.9 Å². The van der Waals surface area contributed by atoms with Crippen LogP contribution >= 0.6 is 0 Å². The van der Waals surface area contributed by atoms with Gasteiger partial charge in [-0.2, -0.15) is 0 Å². The number of aromatic carboxylic acids is 1. The highest BCUT2D eigenvalue weighted by molar-refractivity contribution is 5.85. The summed E-state index contributed by atoms with van der Waals surface area (Å²) in [7, 11) is 0. The molecule has 0 saturated heterocycles. The summed E-state index contributed by atoms with van der Waals surface area (Å²) in [6, 6.07) is 0. The summed E-state index contributed by atoms with van der Waals surface area (Å²) < 4.78 is 1.50. The number of carbonyl (C=O) groups is 1. The summed E-state index contributed by atoms with van der Waals surface area (Å²) in [5, 5.41) is 8.57. The van der Waals surface area contributed by atoms with Crippen molar-refractivity contribution in [2.75, 3.05) is 0 Å². The summed E-state index contributed by atoms with van der Waals surface area (Å²) in [5.74, 6) is -0.582. The topological polar surface area (TPSA) is 55.1 Å². The fourth-order valence-electron chi connectivity index (χ4n) is 0.808. The van der Waals surface area contributed by atoms with E-state index >= 15 is 0 Å². The SMILES string of the molecule is C=Cc1nc(C(=O)O)cn1C=C. The molecule has 0 radical (unpaired) electrons. The van der Waals surface area contributed by atoms with Gasteiger partial charge in [0.1, 0.15) is 5.82 Å². The standard InChI is InChI=1S/C8H8N2O2/c1-3-7-9-6(8(11)12)5-10(7)4-2/h3-5H,1-2H2,(H,11,12). The number of nitrogens with zero attached hydrogens (tertiary/aromatic N) is 2. The van der Waals surface area contributed by atoms with Crippen molar-refractivity contribution in [1.82, 2.24) is 9.55 Å². The van der Waals surface area contributed by atoms with Gasteiger partial charge in [0.2, 0.25) is 0 Å². The lowest BCUT2D eigenvalue weighted by Crippen LogP contribution is -1.95. The van der Waals surface area contributed by atoms with Gasteiger partial charge in [-0.25, -0.2) is 9.78 Å². The minimum Gasteiger partial charge on any atom is -0.476 e. The molecule has 0 aliphatic heterocycles. The third-order valence-corrected chi connectivity index (χ3v) is 1.36. The molecule has 4 nitrogen and oxygen atoms in total. The largest absolute Gasteiger partial charge is 0.476 e. The Morgan fingerprint density at radius 3 is 2.67 bits per heavy atom. The van der Waals surface area contributed by atoms with Crippen molar-refractivity contribution >= 4 is 18.2 Å². The van der Waals surface area contributed by atoms with Gasteiger partial charge in [-0.3, -0.25) is 0 Å². The second kappa shape index (κ2) is 3.04. The zero-order chi connectivity index (χ0) is 9.14. The fourth-order valence-corrected chi connectivity index (χ4v) is 0.808. The Labute approximate surface area is 69.5 Å². The van der Waals surface area contributed by atoms with Crippen LogP contribution in [0.5, 0.6) is 0 Å². The normalized spacial score (nSPS) is 9.33. The van der Waals surface area contributed by atoms with Crippen molar-refractivity contribution in [3.8, 4) is 0 Å². The monoisotopic (exact) mass is 164 g/mol. The van der Waals surface area contributed by atoms with Crippen LogP contribution in [0.4, 0.5) is 0 Å². The van der Waals surface area contributed by atoms with E-state index in [0.29, 0.717) is 5.82 Å². The lowest BCUT2D eigenvalue weighted by molar-refractivity contribution is 0.0691. The first-order valence-electron chi connectivity index (χ1n) is 3.26. The first-order chi connectivity index (χ1) is 5.69. The van der Waals surface area contributed by atoms with Gasteiger partial charge < -0.3 is 9.67 Å². The predicted octanol–water partition coefficient (Wildman–Crippen LogP) is 1.32. The van der Waals surface area contributed by atoms with E-state index in [1.807, 2.05) is 0 Å².